The molecule has 3 rings (SSSR count). The Hall–Kier alpha value is -1.41. The van der Waals surface area contributed by atoms with Crippen LogP contribution in [0.2, 0.25) is 0 Å². The van der Waals surface area contributed by atoms with Crippen molar-refractivity contribution < 1.29 is 55.4 Å². The summed E-state index contributed by atoms with van der Waals surface area (Å²) in [7, 11) is -3.69. The van der Waals surface area contributed by atoms with E-state index in [4.69, 9.17) is 0 Å². The average Bonchev–Trinajstić information content (AvgIpc) is 3.05. The topological polar surface area (TPSA) is 68.2 Å². The fourth-order valence-corrected chi connectivity index (χ4v) is 4.22. The van der Waals surface area contributed by atoms with Gasteiger partial charge in [-0.25, -0.2) is 12.4 Å². The number of halogens is 1. The van der Waals surface area contributed by atoms with Crippen molar-refractivity contribution in [1.82, 2.24) is 9.51 Å². The molecule has 0 radical (unpaired) electrons. The van der Waals surface area contributed by atoms with Gasteiger partial charge in [-0.2, -0.15) is 5.54 Å². The molecule has 1 atom stereocenters. The molecule has 0 spiro atoms. The molecule has 1 aromatic heterocycles. The Morgan fingerprint density at radius 3 is 2.44 bits per heavy atom. The molecule has 0 saturated carbocycles. The number of benzene rings is 2. The minimum Gasteiger partial charge on any atom is -0.272 e. The van der Waals surface area contributed by atoms with Crippen molar-refractivity contribution in [2.75, 3.05) is 0 Å². The summed E-state index contributed by atoms with van der Waals surface area (Å²) in [6, 6.07) is 13.7. The number of nitrogens with one attached hydrogen (secondary N) is 1. The Morgan fingerprint density at radius 2 is 1.81 bits per heavy atom. The van der Waals surface area contributed by atoms with Crippen LogP contribution < -0.4 is 5.54 Å². The smallest absolute Gasteiger partial charge is 0.268 e. The molecule has 5 nitrogen and oxygen atoms in total. The van der Waals surface area contributed by atoms with Crippen LogP contribution in [-0.2, 0) is 21.2 Å². The fraction of sp³-hybridized carbons (Fsp3) is 0.211. The van der Waals surface area contributed by atoms with Crippen LogP contribution in [0.15, 0.2) is 59.6 Å². The Labute approximate surface area is 187 Å². The number of nitrogens with zero attached hydrogens (tertiary/aromatic N) is 1. The van der Waals surface area contributed by atoms with Gasteiger partial charge in [0, 0.05) is 55.2 Å². The van der Waals surface area contributed by atoms with Crippen molar-refractivity contribution in [1.29, 1.82) is 0 Å². The van der Waals surface area contributed by atoms with E-state index >= 15 is 0 Å². The van der Waals surface area contributed by atoms with Gasteiger partial charge in [-0.3, -0.25) is 4.79 Å². The van der Waals surface area contributed by atoms with E-state index in [1.165, 1.54) is 10.2 Å². The van der Waals surface area contributed by atoms with Crippen LogP contribution in [0.3, 0.4) is 0 Å². The quantitative estimate of drug-likeness (QED) is 0.651. The summed E-state index contributed by atoms with van der Waals surface area (Å²) in [4.78, 5) is 11.5. The number of hydrogen-bond acceptors (Lipinski definition) is 3. The summed E-state index contributed by atoms with van der Waals surface area (Å²) < 4.78 is 39.2. The van der Waals surface area contributed by atoms with E-state index in [9.17, 15) is 17.7 Å². The first kappa shape index (κ1) is 21.9. The Bertz CT molecular complexity index is 1060. The molecule has 0 aliphatic carbocycles. The zero-order valence-corrected chi connectivity index (χ0v) is 16.3. The molecule has 0 aliphatic heterocycles. The van der Waals surface area contributed by atoms with Gasteiger partial charge >= 0.3 is 0 Å². The number of fused-ring (bicyclic) bond motifs is 1. The van der Waals surface area contributed by atoms with Crippen LogP contribution >= 0.6 is 0 Å². The first-order valence-electron chi connectivity index (χ1n) is 8.15. The van der Waals surface area contributed by atoms with Gasteiger partial charge in [0.25, 0.3) is 15.9 Å². The van der Waals surface area contributed by atoms with Crippen molar-refractivity contribution in [3.8, 4) is 0 Å². The molecule has 0 aliphatic rings. The zero-order chi connectivity index (χ0) is 18.9. The minimum absolute atomic E-state index is 0. The Kier molecular flexibility index (Phi) is 7.08. The molecule has 144 valence electrons. The van der Waals surface area contributed by atoms with E-state index in [0.29, 0.717) is 11.9 Å². The zero-order valence-electron chi connectivity index (χ0n) is 14.8. The molecule has 2 aromatic carbocycles. The summed E-state index contributed by atoms with van der Waals surface area (Å²) in [6.07, 6.45) is 1.88. The van der Waals surface area contributed by atoms with Crippen LogP contribution in [-0.4, -0.2) is 18.3 Å². The first-order valence-corrected chi connectivity index (χ1v) is 9.59. The van der Waals surface area contributed by atoms with E-state index in [2.05, 4.69) is 0 Å². The molecule has 3 aromatic rings. The van der Waals surface area contributed by atoms with E-state index in [-0.39, 0.29) is 42.6 Å². The van der Waals surface area contributed by atoms with Gasteiger partial charge in [-0.05, 0) is 49.2 Å². The van der Waals surface area contributed by atoms with Gasteiger partial charge in [0.1, 0.15) is 0 Å². The van der Waals surface area contributed by atoms with Crippen molar-refractivity contribution in [2.24, 2.45) is 5.92 Å². The van der Waals surface area contributed by atoms with Gasteiger partial charge in [0.2, 0.25) is 0 Å². The molecular formula is C19H19ArFN2O3S. The second-order valence-corrected chi connectivity index (χ2v) is 8.20. The van der Waals surface area contributed by atoms with E-state index in [0.717, 1.165) is 22.1 Å². The average molecular weight is 414 g/mol. The van der Waals surface area contributed by atoms with Crippen molar-refractivity contribution in [3.05, 3.63) is 65.9 Å². The van der Waals surface area contributed by atoms with E-state index in [1.807, 2.05) is 13.0 Å². The molecular weight excluding hydrogens is 395 g/mol. The first-order chi connectivity index (χ1) is 12.3. The normalized spacial score (nSPS) is 12.4. The third-order valence-corrected chi connectivity index (χ3v) is 6.08. The van der Waals surface area contributed by atoms with Crippen molar-refractivity contribution in [2.45, 2.75) is 25.2 Å². The summed E-state index contributed by atoms with van der Waals surface area (Å²) in [6.45, 7) is 3.53. The van der Waals surface area contributed by atoms with E-state index < -0.39 is 21.8 Å². The maximum atomic E-state index is 12.9. The molecule has 8 heteroatoms. The van der Waals surface area contributed by atoms with Crippen LogP contribution in [0, 0.1) is 50.6 Å². The standard InChI is InChI=1S/C19H19FN2O3S.Ar/c1-13-3-6-17(7-4-13)26(24,25)22-10-9-16-12-15(5-8-18(16)22)11-14(2)19(23)21-20;/h3-10,12,14H,11H2,1-2H3,(H,21,23);/t14-;/m0./s1. The van der Waals surface area contributed by atoms with Crippen molar-refractivity contribution >= 4 is 26.8 Å². The Balaban J connectivity index is 0.00000261. The molecule has 0 fully saturated rings. The van der Waals surface area contributed by atoms with Gasteiger partial charge in [-0.1, -0.05) is 30.7 Å². The molecule has 27 heavy (non-hydrogen) atoms. The monoisotopic (exact) mass is 414 g/mol. The fourth-order valence-electron chi connectivity index (χ4n) is 2.87. The molecule has 1 heterocycles. The van der Waals surface area contributed by atoms with Crippen LogP contribution in [0.5, 0.6) is 0 Å². The van der Waals surface area contributed by atoms with Gasteiger partial charge in [0.15, 0.2) is 0 Å². The van der Waals surface area contributed by atoms with E-state index in [1.54, 1.807) is 49.4 Å². The largest absolute Gasteiger partial charge is 0.272 e. The number of aryl methyl sites for hydroxylation is 1. The summed E-state index contributed by atoms with van der Waals surface area (Å²) in [5.74, 6) is -1.19. The van der Waals surface area contributed by atoms with Gasteiger partial charge in [-0.15, -0.1) is 4.48 Å². The van der Waals surface area contributed by atoms with Crippen LogP contribution in [0.1, 0.15) is 18.1 Å². The number of amides is 1. The third-order valence-electron chi connectivity index (χ3n) is 4.38. The molecule has 1 amide bonds. The number of rotatable bonds is 5. The molecule has 0 bridgehead atoms. The van der Waals surface area contributed by atoms with Crippen LogP contribution in [0.4, 0.5) is 4.48 Å². The van der Waals surface area contributed by atoms with Crippen molar-refractivity contribution in [3.63, 3.8) is 0 Å². The summed E-state index contributed by atoms with van der Waals surface area (Å²) >= 11 is 0. The summed E-state index contributed by atoms with van der Waals surface area (Å²) in [5.41, 5.74) is 3.51. The Morgan fingerprint density at radius 1 is 1.15 bits per heavy atom. The maximum absolute atomic E-state index is 12.9. The number of carbonyl (C=O) groups excluding carboxylic acids is 1. The number of aromatic nitrogens is 1. The van der Waals surface area contributed by atoms with Gasteiger partial charge in [0.05, 0.1) is 10.4 Å². The van der Waals surface area contributed by atoms with Gasteiger partial charge < -0.3 is 0 Å². The minimum atomic E-state index is -3.69. The molecule has 1 N–H and O–H groups in total. The SMILES string of the molecule is Cc1ccc(S(=O)(=O)n2ccc3cc(C[C@H](C)C(=O)NF)ccc32)cc1.[Ar]. The second-order valence-electron chi connectivity index (χ2n) is 6.39. The maximum Gasteiger partial charge on any atom is 0.268 e. The predicted molar refractivity (Wildman–Crippen MR) is 97.8 cm³/mol. The predicted octanol–water partition coefficient (Wildman–Crippen LogP) is 3.37. The summed E-state index contributed by atoms with van der Waals surface area (Å²) in [5, 5.41) is 0.742. The third kappa shape index (κ3) is 4.54. The number of carbonyl (C=O) groups is 1. The molecule has 0 saturated heterocycles. The molecule has 0 unspecified atom stereocenters. The number of hydrogen-bond donors (Lipinski definition) is 1. The van der Waals surface area contributed by atoms with Crippen LogP contribution in [0.25, 0.3) is 10.9 Å². The second kappa shape index (κ2) is 8.73.